The van der Waals surface area contributed by atoms with Gasteiger partial charge in [0.15, 0.2) is 0 Å². The molecule has 0 aromatic carbocycles. The molecular formula is C8H13N3O2S. The average Bonchev–Trinajstić information content (AvgIpc) is 2.01. The number of sulfonamides is 1. The first-order chi connectivity index (χ1) is 6.21. The van der Waals surface area contributed by atoms with Gasteiger partial charge in [0.25, 0.3) is 15.2 Å². The van der Waals surface area contributed by atoms with Gasteiger partial charge in [-0.05, 0) is 6.07 Å². The predicted molar refractivity (Wildman–Crippen MR) is 52.1 cm³/mol. The summed E-state index contributed by atoms with van der Waals surface area (Å²) in [6, 6.07) is 1.68. The van der Waals surface area contributed by atoms with E-state index in [0.717, 1.165) is 0 Å². The maximum atomic E-state index is 11.0. The summed E-state index contributed by atoms with van der Waals surface area (Å²) in [5.74, 6) is 0. The fraction of sp³-hybridized carbons (Fsp3) is 0.500. The molecule has 0 unspecified atom stereocenters. The highest BCUT2D eigenvalue weighted by Gasteiger charge is 2.19. The van der Waals surface area contributed by atoms with E-state index < -0.39 is 10.0 Å². The Morgan fingerprint density at radius 2 is 1.93 bits per heavy atom. The van der Waals surface area contributed by atoms with E-state index in [1.807, 2.05) is 20.8 Å². The largest absolute Gasteiger partial charge is 0.273 e. The van der Waals surface area contributed by atoms with Gasteiger partial charge in [-0.15, -0.1) is 0 Å². The van der Waals surface area contributed by atoms with Crippen molar-refractivity contribution in [2.45, 2.75) is 31.3 Å². The van der Waals surface area contributed by atoms with Crippen molar-refractivity contribution in [2.75, 3.05) is 0 Å². The summed E-state index contributed by atoms with van der Waals surface area (Å²) in [4.78, 5) is 7.49. The maximum Gasteiger partial charge on any atom is 0.273 e. The molecule has 1 heterocycles. The number of primary sulfonamides is 1. The summed E-state index contributed by atoms with van der Waals surface area (Å²) in [6.07, 6.45) is 1.40. The van der Waals surface area contributed by atoms with Crippen LogP contribution in [0.3, 0.4) is 0 Å². The molecule has 0 saturated heterocycles. The second-order valence-electron chi connectivity index (χ2n) is 4.02. The highest BCUT2D eigenvalue weighted by atomic mass is 32.2. The summed E-state index contributed by atoms with van der Waals surface area (Å²) in [7, 11) is -3.81. The number of nitrogens with zero attached hydrogens (tertiary/aromatic N) is 2. The van der Waals surface area contributed by atoms with Crippen molar-refractivity contribution >= 4 is 10.0 Å². The summed E-state index contributed by atoms with van der Waals surface area (Å²) in [6.45, 7) is 5.80. The minimum atomic E-state index is -3.81. The number of aromatic nitrogens is 2. The molecule has 6 heteroatoms. The molecule has 0 fully saturated rings. The van der Waals surface area contributed by atoms with Crippen LogP contribution in [0.4, 0.5) is 0 Å². The van der Waals surface area contributed by atoms with Gasteiger partial charge in [0, 0.05) is 11.6 Å². The normalized spacial score (nSPS) is 12.9. The first-order valence-electron chi connectivity index (χ1n) is 4.07. The summed E-state index contributed by atoms with van der Waals surface area (Å²) in [5, 5.41) is 4.59. The molecule has 0 amide bonds. The molecule has 1 rings (SSSR count). The summed E-state index contributed by atoms with van der Waals surface area (Å²) in [5.41, 5.74) is 0.430. The molecule has 0 aliphatic carbocycles. The van der Waals surface area contributed by atoms with Gasteiger partial charge >= 0.3 is 0 Å². The Balaban J connectivity index is 3.29. The fourth-order valence-corrected chi connectivity index (χ4v) is 1.33. The monoisotopic (exact) mass is 215 g/mol. The van der Waals surface area contributed by atoms with E-state index in [1.54, 1.807) is 6.07 Å². The van der Waals surface area contributed by atoms with E-state index >= 15 is 0 Å². The van der Waals surface area contributed by atoms with Crippen LogP contribution in [-0.2, 0) is 15.4 Å². The van der Waals surface area contributed by atoms with Crippen LogP contribution < -0.4 is 5.14 Å². The molecule has 0 saturated carbocycles. The standard InChI is InChI=1S/C8H13N3O2S/c1-8(2,3)6-4-5-10-7(11-6)14(9,12)13/h4-5H,1-3H3,(H2,9,12,13). The van der Waals surface area contributed by atoms with Crippen LogP contribution in [0.5, 0.6) is 0 Å². The Labute approximate surface area is 83.4 Å². The average molecular weight is 215 g/mol. The third kappa shape index (κ3) is 2.49. The first kappa shape index (κ1) is 11.1. The zero-order valence-electron chi connectivity index (χ0n) is 8.35. The van der Waals surface area contributed by atoms with Gasteiger partial charge in [-0.2, -0.15) is 0 Å². The van der Waals surface area contributed by atoms with Crippen molar-refractivity contribution < 1.29 is 8.42 Å². The van der Waals surface area contributed by atoms with Crippen LogP contribution in [0.25, 0.3) is 0 Å². The van der Waals surface area contributed by atoms with Crippen LogP contribution in [-0.4, -0.2) is 18.4 Å². The smallest absolute Gasteiger partial charge is 0.226 e. The van der Waals surface area contributed by atoms with Gasteiger partial charge in [0.2, 0.25) is 0 Å². The number of hydrogen-bond donors (Lipinski definition) is 1. The quantitative estimate of drug-likeness (QED) is 0.688. The number of rotatable bonds is 1. The lowest BCUT2D eigenvalue weighted by molar-refractivity contribution is 0.549. The topological polar surface area (TPSA) is 85.9 Å². The third-order valence-electron chi connectivity index (χ3n) is 1.66. The van der Waals surface area contributed by atoms with E-state index in [4.69, 9.17) is 5.14 Å². The zero-order chi connectivity index (χ0) is 11.0. The molecular weight excluding hydrogens is 202 g/mol. The highest BCUT2D eigenvalue weighted by Crippen LogP contribution is 2.19. The SMILES string of the molecule is CC(C)(C)c1ccnc(S(N)(=O)=O)n1. The number of nitrogens with two attached hydrogens (primary N) is 1. The van der Waals surface area contributed by atoms with Crippen molar-refractivity contribution in [3.63, 3.8) is 0 Å². The molecule has 1 aromatic heterocycles. The van der Waals surface area contributed by atoms with Crippen LogP contribution in [0.1, 0.15) is 26.5 Å². The van der Waals surface area contributed by atoms with Crippen molar-refractivity contribution in [1.82, 2.24) is 9.97 Å². The molecule has 0 aliphatic heterocycles. The molecule has 0 bridgehead atoms. The van der Waals surface area contributed by atoms with E-state index in [0.29, 0.717) is 5.69 Å². The molecule has 2 N–H and O–H groups in total. The van der Waals surface area contributed by atoms with Gasteiger partial charge in [0.05, 0.1) is 5.69 Å². The Hall–Kier alpha value is -1.01. The van der Waals surface area contributed by atoms with Gasteiger partial charge in [0.1, 0.15) is 0 Å². The van der Waals surface area contributed by atoms with Crippen LogP contribution in [0, 0.1) is 0 Å². The van der Waals surface area contributed by atoms with Crippen molar-refractivity contribution in [1.29, 1.82) is 0 Å². The molecule has 14 heavy (non-hydrogen) atoms. The second kappa shape index (κ2) is 3.29. The zero-order valence-corrected chi connectivity index (χ0v) is 9.17. The maximum absolute atomic E-state index is 11.0. The molecule has 0 atom stereocenters. The van der Waals surface area contributed by atoms with E-state index in [1.165, 1.54) is 6.20 Å². The Bertz CT molecular complexity index is 434. The van der Waals surface area contributed by atoms with Crippen molar-refractivity contribution in [3.8, 4) is 0 Å². The molecule has 1 aromatic rings. The third-order valence-corrected chi connectivity index (χ3v) is 2.36. The Morgan fingerprint density at radius 1 is 1.36 bits per heavy atom. The summed E-state index contributed by atoms with van der Waals surface area (Å²) < 4.78 is 21.9. The molecule has 78 valence electrons. The first-order valence-corrected chi connectivity index (χ1v) is 5.62. The molecule has 0 spiro atoms. The second-order valence-corrected chi connectivity index (χ2v) is 5.47. The number of hydrogen-bond acceptors (Lipinski definition) is 4. The molecule has 5 nitrogen and oxygen atoms in total. The van der Waals surface area contributed by atoms with Gasteiger partial charge in [-0.1, -0.05) is 20.8 Å². The molecule has 0 aliphatic rings. The van der Waals surface area contributed by atoms with Crippen LogP contribution in [0.15, 0.2) is 17.4 Å². The Morgan fingerprint density at radius 3 is 2.36 bits per heavy atom. The Kier molecular flexibility index (Phi) is 2.60. The molecule has 0 radical (unpaired) electrons. The lowest BCUT2D eigenvalue weighted by atomic mass is 9.92. The van der Waals surface area contributed by atoms with E-state index in [-0.39, 0.29) is 10.6 Å². The van der Waals surface area contributed by atoms with Crippen molar-refractivity contribution in [3.05, 3.63) is 18.0 Å². The van der Waals surface area contributed by atoms with Gasteiger partial charge < -0.3 is 0 Å². The minimum Gasteiger partial charge on any atom is -0.226 e. The van der Waals surface area contributed by atoms with E-state index in [2.05, 4.69) is 9.97 Å². The summed E-state index contributed by atoms with van der Waals surface area (Å²) >= 11 is 0. The van der Waals surface area contributed by atoms with Gasteiger partial charge in [-0.25, -0.2) is 23.5 Å². The fourth-order valence-electron chi connectivity index (χ4n) is 0.896. The van der Waals surface area contributed by atoms with E-state index in [9.17, 15) is 8.42 Å². The van der Waals surface area contributed by atoms with Crippen LogP contribution >= 0.6 is 0 Å². The van der Waals surface area contributed by atoms with Crippen molar-refractivity contribution in [2.24, 2.45) is 5.14 Å². The highest BCUT2D eigenvalue weighted by molar-refractivity contribution is 7.89. The lowest BCUT2D eigenvalue weighted by Crippen LogP contribution is -2.20. The predicted octanol–water partition coefficient (Wildman–Crippen LogP) is 0.422. The van der Waals surface area contributed by atoms with Gasteiger partial charge in [-0.3, -0.25) is 0 Å². The lowest BCUT2D eigenvalue weighted by Gasteiger charge is -2.17. The minimum absolute atomic E-state index is 0.220. The van der Waals surface area contributed by atoms with Crippen LogP contribution in [0.2, 0.25) is 0 Å².